The highest BCUT2D eigenvalue weighted by molar-refractivity contribution is 5.95. The van der Waals surface area contributed by atoms with Crippen molar-refractivity contribution in [2.75, 3.05) is 20.1 Å². The van der Waals surface area contributed by atoms with Crippen LogP contribution in [-0.4, -0.2) is 52.8 Å². The number of aldehydes is 1. The number of alkyl halides is 2. The first-order chi connectivity index (χ1) is 15.4. The van der Waals surface area contributed by atoms with E-state index in [9.17, 15) is 41.4 Å². The first kappa shape index (κ1) is 24.4. The zero-order valence-electron chi connectivity index (χ0n) is 17.4. The molecule has 1 aliphatic rings. The normalized spacial score (nSPS) is 18.5. The van der Waals surface area contributed by atoms with Gasteiger partial charge in [-0.05, 0) is 13.5 Å². The molecule has 7 nitrogen and oxygen atoms in total. The van der Waals surface area contributed by atoms with E-state index in [-0.39, 0.29) is 19.3 Å². The Morgan fingerprint density at radius 1 is 1.27 bits per heavy atom. The number of benzene rings is 1. The maximum absolute atomic E-state index is 13.9. The smallest absolute Gasteiger partial charge is 0.260 e. The second-order valence-corrected chi connectivity index (χ2v) is 7.91. The molecule has 1 fully saturated rings. The van der Waals surface area contributed by atoms with Crippen molar-refractivity contribution in [3.05, 3.63) is 62.8 Å². The molecular formula is C21H20F5N3O4. The Balaban J connectivity index is 1.95. The van der Waals surface area contributed by atoms with Crippen LogP contribution in [0.1, 0.15) is 45.3 Å². The van der Waals surface area contributed by atoms with Gasteiger partial charge in [-0.25, -0.2) is 22.0 Å². The van der Waals surface area contributed by atoms with Crippen LogP contribution in [0.3, 0.4) is 0 Å². The standard InChI is InChI=1S/C21H20F5N3O4/c1-28-7-12(2-3-21(25,26)10-28)29-8-14(18(31)19(32)17(29)9-30)20(33)27-6-13-15(23)4-11(22)5-16(13)24/h4-5,8-9,12,32H,2-3,6-7,10H2,1H3,(H,27,33). The molecule has 1 saturated heterocycles. The number of likely N-dealkylation sites (N-methyl/N-ethyl adjacent to an activating group) is 1. The van der Waals surface area contributed by atoms with Gasteiger partial charge in [0, 0.05) is 49.4 Å². The van der Waals surface area contributed by atoms with E-state index in [1.54, 1.807) is 0 Å². The topological polar surface area (TPSA) is 91.6 Å². The van der Waals surface area contributed by atoms with Crippen LogP contribution >= 0.6 is 0 Å². The van der Waals surface area contributed by atoms with Gasteiger partial charge < -0.3 is 15.0 Å². The number of hydrogen-bond donors (Lipinski definition) is 2. The van der Waals surface area contributed by atoms with Crippen LogP contribution in [0.25, 0.3) is 0 Å². The number of hydrogen-bond acceptors (Lipinski definition) is 5. The minimum Gasteiger partial charge on any atom is -0.503 e. The lowest BCUT2D eigenvalue weighted by Gasteiger charge is -2.25. The molecule has 33 heavy (non-hydrogen) atoms. The van der Waals surface area contributed by atoms with E-state index < -0.39 is 82.8 Å². The summed E-state index contributed by atoms with van der Waals surface area (Å²) in [5, 5.41) is 12.3. The summed E-state index contributed by atoms with van der Waals surface area (Å²) in [5.74, 6) is -8.86. The van der Waals surface area contributed by atoms with Gasteiger partial charge in [-0.3, -0.25) is 19.3 Å². The van der Waals surface area contributed by atoms with Crippen LogP contribution in [0, 0.1) is 17.5 Å². The molecule has 1 aromatic heterocycles. The zero-order valence-corrected chi connectivity index (χ0v) is 17.4. The van der Waals surface area contributed by atoms with Gasteiger partial charge in [-0.1, -0.05) is 0 Å². The molecule has 1 aliphatic heterocycles. The van der Waals surface area contributed by atoms with E-state index in [1.807, 2.05) is 0 Å². The van der Waals surface area contributed by atoms with Gasteiger partial charge in [0.2, 0.25) is 5.43 Å². The second kappa shape index (κ2) is 9.30. The number of carbonyl (C=O) groups excluding carboxylic acids is 2. The molecule has 1 unspecified atom stereocenters. The quantitative estimate of drug-likeness (QED) is 0.515. The first-order valence-electron chi connectivity index (χ1n) is 9.84. The molecule has 0 aliphatic carbocycles. The first-order valence-corrected chi connectivity index (χ1v) is 9.84. The maximum Gasteiger partial charge on any atom is 0.260 e. The number of aromatic nitrogens is 1. The second-order valence-electron chi connectivity index (χ2n) is 7.91. The number of nitrogens with zero attached hydrogens (tertiary/aromatic N) is 2. The summed E-state index contributed by atoms with van der Waals surface area (Å²) in [4.78, 5) is 37.9. The Hall–Kier alpha value is -3.28. The van der Waals surface area contributed by atoms with E-state index in [0.29, 0.717) is 12.1 Å². The molecule has 1 amide bonds. The lowest BCUT2D eigenvalue weighted by atomic mass is 10.1. The Labute approximate surface area is 184 Å². The Kier molecular flexibility index (Phi) is 6.86. The summed E-state index contributed by atoms with van der Waals surface area (Å²) in [5.41, 5.74) is -3.04. The number of aromatic hydroxyl groups is 1. The Bertz CT molecular complexity index is 1130. The molecule has 2 aromatic rings. The van der Waals surface area contributed by atoms with Gasteiger partial charge in [0.25, 0.3) is 11.8 Å². The minimum atomic E-state index is -2.99. The van der Waals surface area contributed by atoms with Crippen LogP contribution in [0.15, 0.2) is 23.1 Å². The van der Waals surface area contributed by atoms with Crippen molar-refractivity contribution in [3.8, 4) is 5.75 Å². The lowest BCUT2D eigenvalue weighted by Crippen LogP contribution is -2.34. The fourth-order valence-corrected chi connectivity index (χ4v) is 3.81. The molecular weight excluding hydrogens is 453 g/mol. The average molecular weight is 473 g/mol. The summed E-state index contributed by atoms with van der Waals surface area (Å²) in [6.45, 7) is -1.25. The van der Waals surface area contributed by atoms with Crippen molar-refractivity contribution >= 4 is 12.2 Å². The van der Waals surface area contributed by atoms with Crippen LogP contribution in [0.5, 0.6) is 5.75 Å². The van der Waals surface area contributed by atoms with Crippen molar-refractivity contribution in [1.29, 1.82) is 0 Å². The molecule has 2 N–H and O–H groups in total. The van der Waals surface area contributed by atoms with Crippen molar-refractivity contribution in [2.24, 2.45) is 0 Å². The largest absolute Gasteiger partial charge is 0.503 e. The van der Waals surface area contributed by atoms with E-state index in [4.69, 9.17) is 0 Å². The summed E-state index contributed by atoms with van der Waals surface area (Å²) in [6, 6.07) is 0.0508. The van der Waals surface area contributed by atoms with Crippen molar-refractivity contribution in [1.82, 2.24) is 14.8 Å². The number of likely N-dealkylation sites (tertiary alicyclic amines) is 1. The van der Waals surface area contributed by atoms with Crippen LogP contribution < -0.4 is 10.7 Å². The van der Waals surface area contributed by atoms with Gasteiger partial charge in [0.1, 0.15) is 28.7 Å². The van der Waals surface area contributed by atoms with Crippen molar-refractivity contribution < 1.29 is 36.6 Å². The molecule has 178 valence electrons. The van der Waals surface area contributed by atoms with Crippen LogP contribution in [0.4, 0.5) is 22.0 Å². The van der Waals surface area contributed by atoms with E-state index in [1.165, 1.54) is 11.9 Å². The third-order valence-corrected chi connectivity index (χ3v) is 5.40. The van der Waals surface area contributed by atoms with Crippen molar-refractivity contribution in [2.45, 2.75) is 31.4 Å². The zero-order chi connectivity index (χ0) is 24.5. The molecule has 12 heteroatoms. The summed E-state index contributed by atoms with van der Waals surface area (Å²) in [7, 11) is 1.44. The predicted octanol–water partition coefficient (Wildman–Crippen LogP) is 2.62. The molecule has 0 spiro atoms. The van der Waals surface area contributed by atoms with E-state index >= 15 is 0 Å². The number of halogens is 5. The average Bonchev–Trinajstić information content (AvgIpc) is 2.85. The molecule has 2 heterocycles. The number of carbonyl (C=O) groups is 2. The molecule has 0 bridgehead atoms. The molecule has 1 aromatic carbocycles. The number of nitrogens with one attached hydrogen (secondary N) is 1. The summed E-state index contributed by atoms with van der Waals surface area (Å²) >= 11 is 0. The third-order valence-electron chi connectivity index (χ3n) is 5.40. The molecule has 1 atom stereocenters. The molecule has 0 saturated carbocycles. The van der Waals surface area contributed by atoms with Gasteiger partial charge in [0.15, 0.2) is 12.0 Å². The summed E-state index contributed by atoms with van der Waals surface area (Å²) < 4.78 is 69.6. The van der Waals surface area contributed by atoms with E-state index in [2.05, 4.69) is 5.32 Å². The number of pyridine rings is 1. The van der Waals surface area contributed by atoms with Crippen LogP contribution in [0.2, 0.25) is 0 Å². The minimum absolute atomic E-state index is 0.0335. The highest BCUT2D eigenvalue weighted by atomic mass is 19.3. The highest BCUT2D eigenvalue weighted by Gasteiger charge is 2.36. The van der Waals surface area contributed by atoms with Gasteiger partial charge in [-0.2, -0.15) is 0 Å². The van der Waals surface area contributed by atoms with E-state index in [0.717, 1.165) is 10.8 Å². The third kappa shape index (κ3) is 5.21. The molecule has 3 rings (SSSR count). The highest BCUT2D eigenvalue weighted by Crippen LogP contribution is 2.31. The number of amides is 1. The Morgan fingerprint density at radius 3 is 2.52 bits per heavy atom. The van der Waals surface area contributed by atoms with Gasteiger partial charge in [-0.15, -0.1) is 0 Å². The Morgan fingerprint density at radius 2 is 1.91 bits per heavy atom. The lowest BCUT2D eigenvalue weighted by molar-refractivity contribution is -0.0246. The monoisotopic (exact) mass is 473 g/mol. The van der Waals surface area contributed by atoms with Gasteiger partial charge >= 0.3 is 0 Å². The fourth-order valence-electron chi connectivity index (χ4n) is 3.81. The van der Waals surface area contributed by atoms with Crippen molar-refractivity contribution in [3.63, 3.8) is 0 Å². The summed E-state index contributed by atoms with van der Waals surface area (Å²) in [6.07, 6.45) is 0.469. The molecule has 0 radical (unpaired) electrons. The maximum atomic E-state index is 13.9. The number of rotatable bonds is 5. The SMILES string of the molecule is CN1CC(n2cc(C(=O)NCc3c(F)cc(F)cc3F)c(=O)c(O)c2C=O)CCC(F)(F)C1. The van der Waals surface area contributed by atoms with Crippen LogP contribution in [-0.2, 0) is 6.54 Å². The predicted molar refractivity (Wildman–Crippen MR) is 106 cm³/mol. The van der Waals surface area contributed by atoms with Gasteiger partial charge in [0.05, 0.1) is 6.54 Å². The fraction of sp³-hybridized carbons (Fsp3) is 0.381.